The molecule has 1 aliphatic heterocycles. The summed E-state index contributed by atoms with van der Waals surface area (Å²) in [4.78, 5) is 29.8. The zero-order valence-corrected chi connectivity index (χ0v) is 18.8. The highest BCUT2D eigenvalue weighted by Gasteiger charge is 2.51. The molecule has 1 amide bonds. The number of nitrogens with zero attached hydrogens (tertiary/aromatic N) is 3. The lowest BCUT2D eigenvalue weighted by atomic mass is 9.86. The fourth-order valence-corrected chi connectivity index (χ4v) is 5.58. The van der Waals surface area contributed by atoms with Crippen LogP contribution >= 0.6 is 0 Å². The number of nitrogens with one attached hydrogen (secondary N) is 1. The maximum Gasteiger partial charge on any atom is 0.411 e. The third kappa shape index (κ3) is 3.36. The Morgan fingerprint density at radius 2 is 1.74 bits per heavy atom. The molecule has 34 heavy (non-hydrogen) atoms. The van der Waals surface area contributed by atoms with E-state index < -0.39 is 28.5 Å². The van der Waals surface area contributed by atoms with Gasteiger partial charge in [0.2, 0.25) is 0 Å². The van der Waals surface area contributed by atoms with Crippen LogP contribution in [0.15, 0.2) is 41.2 Å². The number of fused-ring (bicyclic) bond motifs is 1. The summed E-state index contributed by atoms with van der Waals surface area (Å²) in [5, 5.41) is 9.01. The SMILES string of the molecule is CC1(C)OC(=O)N([C@H]2CC[C@H](n3c(=O)[nH]c4c(F)c(C#N)c(F)cc43)CC2)[C@H]1c1ccccc1. The Morgan fingerprint density at radius 1 is 1.09 bits per heavy atom. The van der Waals surface area contributed by atoms with Crippen LogP contribution in [0.4, 0.5) is 13.6 Å². The van der Waals surface area contributed by atoms with Gasteiger partial charge in [0.05, 0.1) is 11.6 Å². The normalized spacial score (nSPS) is 24.3. The van der Waals surface area contributed by atoms with Gasteiger partial charge in [0.15, 0.2) is 5.82 Å². The number of carbonyl (C=O) groups excluding carboxylic acids is 1. The smallest absolute Gasteiger partial charge is 0.411 e. The van der Waals surface area contributed by atoms with Crippen molar-refractivity contribution in [1.82, 2.24) is 14.5 Å². The second kappa shape index (κ2) is 7.97. The Bertz CT molecular complexity index is 1360. The summed E-state index contributed by atoms with van der Waals surface area (Å²) in [6.07, 6.45) is 1.96. The fourth-order valence-electron chi connectivity index (χ4n) is 5.58. The van der Waals surface area contributed by atoms with Crippen molar-refractivity contribution in [3.05, 3.63) is 69.6 Å². The van der Waals surface area contributed by atoms with Crippen molar-refractivity contribution in [3.63, 3.8) is 0 Å². The van der Waals surface area contributed by atoms with E-state index >= 15 is 0 Å². The lowest BCUT2D eigenvalue weighted by molar-refractivity contribution is 0.0662. The largest absolute Gasteiger partial charge is 0.441 e. The van der Waals surface area contributed by atoms with Crippen LogP contribution in [-0.4, -0.2) is 32.2 Å². The lowest BCUT2D eigenvalue weighted by Crippen LogP contribution is -2.43. The number of carbonyl (C=O) groups is 1. The maximum atomic E-state index is 14.6. The minimum Gasteiger partial charge on any atom is -0.441 e. The van der Waals surface area contributed by atoms with Crippen molar-refractivity contribution in [3.8, 4) is 6.07 Å². The van der Waals surface area contributed by atoms with Gasteiger partial charge in [-0.1, -0.05) is 30.3 Å². The first-order chi connectivity index (χ1) is 16.2. The number of nitriles is 1. The van der Waals surface area contributed by atoms with E-state index in [1.54, 1.807) is 0 Å². The molecule has 2 aliphatic rings. The Morgan fingerprint density at radius 3 is 2.38 bits per heavy atom. The summed E-state index contributed by atoms with van der Waals surface area (Å²) in [6, 6.07) is 11.7. The van der Waals surface area contributed by atoms with Crippen LogP contribution in [0, 0.1) is 23.0 Å². The number of amides is 1. The molecule has 2 fully saturated rings. The maximum absolute atomic E-state index is 14.6. The molecule has 5 rings (SSSR count). The predicted molar refractivity (Wildman–Crippen MR) is 120 cm³/mol. The number of rotatable bonds is 3. The topological polar surface area (TPSA) is 91.1 Å². The second-order valence-electron chi connectivity index (χ2n) is 9.51. The molecular formula is C25H24F2N4O3. The molecule has 0 radical (unpaired) electrons. The number of benzene rings is 2. The molecule has 1 saturated heterocycles. The standard InChI is InChI=1S/C25H24F2N4O3/c1-25(2)22(14-6-4-3-5-7-14)31(24(33)34-25)16-10-8-15(9-11-16)30-19-12-18(26)17(13-28)20(27)21(19)29-23(30)32/h3-7,12,15-16,22H,8-11H2,1-2H3,(H,29,32)/t15-,16-,22-/m0/s1. The van der Waals surface area contributed by atoms with Crippen LogP contribution in [-0.2, 0) is 4.74 Å². The summed E-state index contributed by atoms with van der Waals surface area (Å²) in [7, 11) is 0. The van der Waals surface area contributed by atoms with Gasteiger partial charge in [-0.15, -0.1) is 0 Å². The van der Waals surface area contributed by atoms with Crippen molar-refractivity contribution in [2.24, 2.45) is 0 Å². The molecule has 9 heteroatoms. The minimum absolute atomic E-state index is 0.0877. The summed E-state index contributed by atoms with van der Waals surface area (Å²) in [5.74, 6) is -2.06. The summed E-state index contributed by atoms with van der Waals surface area (Å²) >= 11 is 0. The first-order valence-corrected chi connectivity index (χ1v) is 11.3. The van der Waals surface area contributed by atoms with E-state index in [1.807, 2.05) is 49.1 Å². The predicted octanol–water partition coefficient (Wildman–Crippen LogP) is 4.94. The molecule has 3 aromatic rings. The number of imidazole rings is 1. The quantitative estimate of drug-likeness (QED) is 0.592. The highest BCUT2D eigenvalue weighted by Crippen LogP contribution is 2.45. The number of cyclic esters (lactones) is 1. The first kappa shape index (κ1) is 22.1. The van der Waals surface area contributed by atoms with E-state index in [2.05, 4.69) is 4.98 Å². The van der Waals surface area contributed by atoms with Gasteiger partial charge in [-0.3, -0.25) is 9.47 Å². The molecule has 0 spiro atoms. The van der Waals surface area contributed by atoms with Gasteiger partial charge in [0, 0.05) is 18.2 Å². The van der Waals surface area contributed by atoms with E-state index in [-0.39, 0.29) is 35.3 Å². The Labute approximate surface area is 194 Å². The van der Waals surface area contributed by atoms with Crippen LogP contribution in [0.3, 0.4) is 0 Å². The summed E-state index contributed by atoms with van der Waals surface area (Å²) in [5.41, 5.74) is -1.03. The van der Waals surface area contributed by atoms with Gasteiger partial charge in [-0.25, -0.2) is 18.4 Å². The minimum atomic E-state index is -1.06. The highest BCUT2D eigenvalue weighted by atomic mass is 19.1. The van der Waals surface area contributed by atoms with Gasteiger partial charge in [0.1, 0.15) is 28.6 Å². The third-order valence-electron chi connectivity index (χ3n) is 7.06. The van der Waals surface area contributed by atoms with Crippen molar-refractivity contribution in [2.75, 3.05) is 0 Å². The molecule has 1 aliphatic carbocycles. The Kier molecular flexibility index (Phi) is 5.19. The van der Waals surface area contributed by atoms with E-state index in [0.29, 0.717) is 25.7 Å². The van der Waals surface area contributed by atoms with Crippen LogP contribution in [0.5, 0.6) is 0 Å². The molecule has 176 valence electrons. The van der Waals surface area contributed by atoms with Crippen LogP contribution < -0.4 is 5.69 Å². The molecule has 1 saturated carbocycles. The number of halogens is 2. The summed E-state index contributed by atoms with van der Waals surface area (Å²) < 4.78 is 35.9. The van der Waals surface area contributed by atoms with Gasteiger partial charge in [-0.05, 0) is 45.1 Å². The first-order valence-electron chi connectivity index (χ1n) is 11.3. The summed E-state index contributed by atoms with van der Waals surface area (Å²) in [6.45, 7) is 3.80. The van der Waals surface area contributed by atoms with Crippen molar-refractivity contribution in [2.45, 2.75) is 63.3 Å². The second-order valence-corrected chi connectivity index (χ2v) is 9.51. The molecule has 7 nitrogen and oxygen atoms in total. The molecular weight excluding hydrogens is 442 g/mol. The number of aromatic nitrogens is 2. The average molecular weight is 466 g/mol. The molecule has 1 N–H and O–H groups in total. The molecule has 0 bridgehead atoms. The Hall–Kier alpha value is -3.67. The Balaban J connectivity index is 1.43. The van der Waals surface area contributed by atoms with Gasteiger partial charge >= 0.3 is 11.8 Å². The van der Waals surface area contributed by atoms with Gasteiger partial charge < -0.3 is 9.72 Å². The highest BCUT2D eigenvalue weighted by molar-refractivity contribution is 5.78. The van der Waals surface area contributed by atoms with E-state index in [0.717, 1.165) is 11.6 Å². The van der Waals surface area contributed by atoms with E-state index in [1.165, 1.54) is 10.6 Å². The zero-order valence-electron chi connectivity index (χ0n) is 18.8. The molecule has 2 heterocycles. The number of H-pyrrole nitrogens is 1. The van der Waals surface area contributed by atoms with E-state index in [4.69, 9.17) is 10.00 Å². The van der Waals surface area contributed by atoms with Gasteiger partial charge in [-0.2, -0.15) is 5.26 Å². The van der Waals surface area contributed by atoms with Crippen molar-refractivity contribution in [1.29, 1.82) is 5.26 Å². The number of hydrogen-bond donors (Lipinski definition) is 1. The molecule has 1 atom stereocenters. The monoisotopic (exact) mass is 466 g/mol. The van der Waals surface area contributed by atoms with Crippen LogP contribution in [0.25, 0.3) is 11.0 Å². The number of hydrogen-bond acceptors (Lipinski definition) is 4. The zero-order chi connectivity index (χ0) is 24.2. The molecule has 1 aromatic heterocycles. The number of ether oxygens (including phenoxy) is 1. The van der Waals surface area contributed by atoms with Crippen molar-refractivity contribution < 1.29 is 18.3 Å². The van der Waals surface area contributed by atoms with Crippen molar-refractivity contribution >= 4 is 17.1 Å². The average Bonchev–Trinajstić information content (AvgIpc) is 3.26. The van der Waals surface area contributed by atoms with E-state index in [9.17, 15) is 18.4 Å². The van der Waals surface area contributed by atoms with Gasteiger partial charge in [0.25, 0.3) is 0 Å². The molecule has 2 aromatic carbocycles. The van der Waals surface area contributed by atoms with Crippen LogP contribution in [0.2, 0.25) is 0 Å². The lowest BCUT2D eigenvalue weighted by Gasteiger charge is -2.38. The fraction of sp³-hybridized carbons (Fsp3) is 0.400. The number of aromatic amines is 1. The molecule has 0 unspecified atom stereocenters. The van der Waals surface area contributed by atoms with Crippen LogP contribution in [0.1, 0.15) is 62.7 Å². The third-order valence-corrected chi connectivity index (χ3v) is 7.06.